The van der Waals surface area contributed by atoms with E-state index in [9.17, 15) is 9.18 Å². The van der Waals surface area contributed by atoms with Gasteiger partial charge >= 0.3 is 5.97 Å². The molecular formula is C16H13BrFNO3. The SMILES string of the molecule is O=C(O)CCC(=NO)c1ccc(-c2ccc(Br)cc2)cc1F. The number of carbonyl (C=O) groups is 1. The summed E-state index contributed by atoms with van der Waals surface area (Å²) in [7, 11) is 0. The van der Waals surface area contributed by atoms with Crippen LogP contribution in [0.2, 0.25) is 0 Å². The molecule has 0 aromatic heterocycles. The average Bonchev–Trinajstić information content (AvgIpc) is 2.49. The molecule has 0 bridgehead atoms. The van der Waals surface area contributed by atoms with Crippen LogP contribution in [0.25, 0.3) is 11.1 Å². The first kappa shape index (κ1) is 16.2. The minimum atomic E-state index is -1.03. The zero-order valence-corrected chi connectivity index (χ0v) is 13.0. The molecule has 4 nitrogen and oxygen atoms in total. The minimum Gasteiger partial charge on any atom is -0.481 e. The molecule has 0 spiro atoms. The van der Waals surface area contributed by atoms with Gasteiger partial charge < -0.3 is 10.3 Å². The summed E-state index contributed by atoms with van der Waals surface area (Å²) in [6.45, 7) is 0. The van der Waals surface area contributed by atoms with E-state index in [-0.39, 0.29) is 24.1 Å². The molecule has 0 saturated heterocycles. The highest BCUT2D eigenvalue weighted by Crippen LogP contribution is 2.24. The van der Waals surface area contributed by atoms with Gasteiger partial charge in [-0.2, -0.15) is 0 Å². The largest absolute Gasteiger partial charge is 0.481 e. The fourth-order valence-electron chi connectivity index (χ4n) is 2.03. The zero-order valence-electron chi connectivity index (χ0n) is 11.5. The van der Waals surface area contributed by atoms with Crippen molar-refractivity contribution in [2.24, 2.45) is 5.16 Å². The van der Waals surface area contributed by atoms with Crippen molar-refractivity contribution in [3.8, 4) is 11.1 Å². The Hall–Kier alpha value is -2.21. The maximum absolute atomic E-state index is 14.2. The van der Waals surface area contributed by atoms with Gasteiger partial charge in [0, 0.05) is 16.5 Å². The standard InChI is InChI=1S/C16H13BrFNO3/c17-12-4-1-10(2-5-12)11-3-6-13(14(18)9-11)15(19-22)7-8-16(20)21/h1-6,9,22H,7-8H2,(H,20,21). The summed E-state index contributed by atoms with van der Waals surface area (Å²) < 4.78 is 15.2. The number of hydrogen-bond acceptors (Lipinski definition) is 3. The number of benzene rings is 2. The number of aliphatic carboxylic acids is 1. The molecule has 2 aromatic rings. The third-order valence-corrected chi connectivity index (χ3v) is 3.68. The van der Waals surface area contributed by atoms with Crippen molar-refractivity contribution in [1.82, 2.24) is 0 Å². The van der Waals surface area contributed by atoms with E-state index in [2.05, 4.69) is 21.1 Å². The lowest BCUT2D eigenvalue weighted by Gasteiger charge is -2.08. The number of hydrogen-bond donors (Lipinski definition) is 2. The molecule has 0 heterocycles. The molecule has 114 valence electrons. The van der Waals surface area contributed by atoms with Gasteiger partial charge in [0.05, 0.1) is 12.1 Å². The van der Waals surface area contributed by atoms with E-state index in [1.807, 2.05) is 24.3 Å². The molecule has 0 atom stereocenters. The molecular weight excluding hydrogens is 353 g/mol. The highest BCUT2D eigenvalue weighted by atomic mass is 79.9. The lowest BCUT2D eigenvalue weighted by molar-refractivity contribution is -0.136. The topological polar surface area (TPSA) is 69.9 Å². The van der Waals surface area contributed by atoms with Crippen LogP contribution in [-0.4, -0.2) is 22.0 Å². The second-order valence-corrected chi connectivity index (χ2v) is 5.56. The number of nitrogens with zero attached hydrogens (tertiary/aromatic N) is 1. The van der Waals surface area contributed by atoms with Gasteiger partial charge in [0.2, 0.25) is 0 Å². The molecule has 0 radical (unpaired) electrons. The first-order valence-corrected chi connectivity index (χ1v) is 7.29. The molecule has 0 unspecified atom stereocenters. The zero-order chi connectivity index (χ0) is 16.1. The van der Waals surface area contributed by atoms with E-state index in [4.69, 9.17) is 10.3 Å². The monoisotopic (exact) mass is 365 g/mol. The van der Waals surface area contributed by atoms with Crippen molar-refractivity contribution in [3.63, 3.8) is 0 Å². The van der Waals surface area contributed by atoms with Gasteiger partial charge in [0.25, 0.3) is 0 Å². The minimum absolute atomic E-state index is 0.0160. The average molecular weight is 366 g/mol. The van der Waals surface area contributed by atoms with E-state index in [0.29, 0.717) is 5.56 Å². The van der Waals surface area contributed by atoms with Crippen LogP contribution >= 0.6 is 15.9 Å². The Kier molecular flexibility index (Phi) is 5.27. The van der Waals surface area contributed by atoms with Gasteiger partial charge in [0.15, 0.2) is 0 Å². The van der Waals surface area contributed by atoms with Crippen molar-refractivity contribution in [2.75, 3.05) is 0 Å². The normalized spacial score (nSPS) is 11.5. The molecule has 6 heteroatoms. The van der Waals surface area contributed by atoms with E-state index in [0.717, 1.165) is 10.0 Å². The van der Waals surface area contributed by atoms with Crippen LogP contribution in [0.5, 0.6) is 0 Å². The number of oxime groups is 1. The van der Waals surface area contributed by atoms with Gasteiger partial charge in [-0.25, -0.2) is 4.39 Å². The number of carboxylic acid groups (broad SMARTS) is 1. The Labute approximate surface area is 135 Å². The third kappa shape index (κ3) is 3.92. The predicted molar refractivity (Wildman–Crippen MR) is 84.7 cm³/mol. The molecule has 2 N–H and O–H groups in total. The Balaban J connectivity index is 2.29. The summed E-state index contributed by atoms with van der Waals surface area (Å²) in [5, 5.41) is 20.6. The van der Waals surface area contributed by atoms with Crippen LogP contribution in [-0.2, 0) is 4.79 Å². The molecule has 0 saturated carbocycles. The smallest absolute Gasteiger partial charge is 0.303 e. The predicted octanol–water partition coefficient (Wildman–Crippen LogP) is 4.30. The number of carboxylic acids is 1. The van der Waals surface area contributed by atoms with Crippen LogP contribution < -0.4 is 0 Å². The Morgan fingerprint density at radius 2 is 1.73 bits per heavy atom. The second kappa shape index (κ2) is 7.17. The maximum Gasteiger partial charge on any atom is 0.303 e. The summed E-state index contributed by atoms with van der Waals surface area (Å²) in [5.41, 5.74) is 1.65. The molecule has 0 aliphatic rings. The van der Waals surface area contributed by atoms with Gasteiger partial charge in [-0.1, -0.05) is 39.3 Å². The summed E-state index contributed by atoms with van der Waals surface area (Å²) in [4.78, 5) is 10.6. The third-order valence-electron chi connectivity index (χ3n) is 3.15. The van der Waals surface area contributed by atoms with Gasteiger partial charge in [-0.3, -0.25) is 4.79 Å². The molecule has 0 fully saturated rings. The van der Waals surface area contributed by atoms with Crippen molar-refractivity contribution in [3.05, 3.63) is 58.3 Å². The molecule has 0 aliphatic heterocycles. The van der Waals surface area contributed by atoms with Crippen LogP contribution in [0.4, 0.5) is 4.39 Å². The molecule has 2 aromatic carbocycles. The van der Waals surface area contributed by atoms with Gasteiger partial charge in [0.1, 0.15) is 5.82 Å². The van der Waals surface area contributed by atoms with Crippen molar-refractivity contribution in [2.45, 2.75) is 12.8 Å². The van der Waals surface area contributed by atoms with Crippen molar-refractivity contribution < 1.29 is 19.5 Å². The van der Waals surface area contributed by atoms with Gasteiger partial charge in [-0.15, -0.1) is 0 Å². The van der Waals surface area contributed by atoms with E-state index in [1.165, 1.54) is 12.1 Å². The lowest BCUT2D eigenvalue weighted by atomic mass is 10.00. The quantitative estimate of drug-likeness (QED) is 0.471. The summed E-state index contributed by atoms with van der Waals surface area (Å²) >= 11 is 3.34. The fourth-order valence-corrected chi connectivity index (χ4v) is 2.30. The molecule has 22 heavy (non-hydrogen) atoms. The summed E-state index contributed by atoms with van der Waals surface area (Å²) in [5.74, 6) is -1.59. The Morgan fingerprint density at radius 1 is 1.09 bits per heavy atom. The molecule has 0 amide bonds. The van der Waals surface area contributed by atoms with Crippen LogP contribution in [0.15, 0.2) is 52.1 Å². The van der Waals surface area contributed by atoms with E-state index < -0.39 is 11.8 Å². The lowest BCUT2D eigenvalue weighted by Crippen LogP contribution is -2.07. The first-order chi connectivity index (χ1) is 10.5. The first-order valence-electron chi connectivity index (χ1n) is 6.50. The van der Waals surface area contributed by atoms with Crippen LogP contribution in [0.3, 0.4) is 0 Å². The number of rotatable bonds is 5. The second-order valence-electron chi connectivity index (χ2n) is 4.64. The van der Waals surface area contributed by atoms with Crippen LogP contribution in [0, 0.1) is 5.82 Å². The summed E-state index contributed by atoms with van der Waals surface area (Å²) in [6, 6.07) is 11.9. The Morgan fingerprint density at radius 3 is 2.27 bits per heavy atom. The molecule has 2 rings (SSSR count). The highest BCUT2D eigenvalue weighted by molar-refractivity contribution is 9.10. The summed E-state index contributed by atoms with van der Waals surface area (Å²) in [6.07, 6.45) is -0.270. The van der Waals surface area contributed by atoms with Crippen molar-refractivity contribution in [1.29, 1.82) is 0 Å². The highest BCUT2D eigenvalue weighted by Gasteiger charge is 2.13. The molecule has 0 aliphatic carbocycles. The van der Waals surface area contributed by atoms with E-state index >= 15 is 0 Å². The van der Waals surface area contributed by atoms with E-state index in [1.54, 1.807) is 6.07 Å². The fraction of sp³-hybridized carbons (Fsp3) is 0.125. The Bertz CT molecular complexity index is 714. The maximum atomic E-state index is 14.2. The van der Waals surface area contributed by atoms with Crippen molar-refractivity contribution >= 4 is 27.6 Å². The van der Waals surface area contributed by atoms with Crippen LogP contribution in [0.1, 0.15) is 18.4 Å². The number of halogens is 2. The van der Waals surface area contributed by atoms with Gasteiger partial charge in [-0.05, 0) is 35.4 Å².